The first-order valence-electron chi connectivity index (χ1n) is 7.34. The molecule has 0 bridgehead atoms. The van der Waals surface area contributed by atoms with E-state index in [1.54, 1.807) is 13.8 Å². The van der Waals surface area contributed by atoms with E-state index in [0.717, 1.165) is 0 Å². The van der Waals surface area contributed by atoms with Crippen LogP contribution >= 0.6 is 7.60 Å². The third-order valence-corrected chi connectivity index (χ3v) is 4.68. The number of H-pyrrole nitrogens is 1. The van der Waals surface area contributed by atoms with Gasteiger partial charge in [-0.05, 0) is 20.3 Å². The molecule has 0 aliphatic rings. The van der Waals surface area contributed by atoms with Gasteiger partial charge in [0.15, 0.2) is 0 Å². The first kappa shape index (κ1) is 32.1. The van der Waals surface area contributed by atoms with Gasteiger partial charge in [-0.15, -0.1) is 0 Å². The molecule has 1 unspecified atom stereocenters. The Morgan fingerprint density at radius 3 is 2.31 bits per heavy atom. The number of rotatable bonds is 11. The molecule has 12 heteroatoms. The Morgan fingerprint density at radius 1 is 1.27 bits per heavy atom. The van der Waals surface area contributed by atoms with Gasteiger partial charge in [-0.1, -0.05) is 0 Å². The van der Waals surface area contributed by atoms with Gasteiger partial charge in [0, 0.05) is 39.2 Å². The maximum atomic E-state index is 12.3. The van der Waals surface area contributed by atoms with Crippen molar-refractivity contribution in [2.24, 2.45) is 0 Å². The second-order valence-corrected chi connectivity index (χ2v) is 6.64. The molecule has 1 aromatic heterocycles. The summed E-state index contributed by atoms with van der Waals surface area (Å²) in [6.07, 6.45) is 0.741. The van der Waals surface area contributed by atoms with Crippen LogP contribution in [-0.2, 0) is 45.3 Å². The molecule has 0 saturated heterocycles. The van der Waals surface area contributed by atoms with Gasteiger partial charge in [0.1, 0.15) is 6.35 Å². The van der Waals surface area contributed by atoms with Gasteiger partial charge in [-0.2, -0.15) is 0 Å². The molecule has 1 heterocycles. The van der Waals surface area contributed by atoms with Crippen LogP contribution in [0.3, 0.4) is 0 Å². The quantitative estimate of drug-likeness (QED) is 0.170. The molecule has 0 aromatic carbocycles. The van der Waals surface area contributed by atoms with Gasteiger partial charge in [0.05, 0.1) is 25.9 Å². The molecule has 26 heavy (non-hydrogen) atoms. The minimum Gasteiger partial charge on any atom is -0.394 e. The summed E-state index contributed by atoms with van der Waals surface area (Å²) >= 11 is 0. The number of aromatic nitrogens is 2. The number of aromatic amines is 1. The van der Waals surface area contributed by atoms with Crippen LogP contribution in [0.25, 0.3) is 0 Å². The van der Waals surface area contributed by atoms with Gasteiger partial charge in [0.2, 0.25) is 0 Å². The predicted molar refractivity (Wildman–Crippen MR) is 90.0 cm³/mol. The molecule has 0 aliphatic heterocycles. The number of aliphatic hydroxyl groups is 1. The van der Waals surface area contributed by atoms with Gasteiger partial charge < -0.3 is 30.9 Å². The molecular formula is C14H26CsN2O7PPd. The van der Waals surface area contributed by atoms with Crippen LogP contribution in [0.15, 0.2) is 21.9 Å². The molecule has 1 atom stereocenters. The standard InChI is InChI=1S/C13H23N2O7P.CH3.Cs.Pd/c1-3-21-23(19,22-4-2)10-20-11(9-16)5-7-15-8-6-12(17)14-13(15)18;;;/h6,8,11,16H,3-5,7,9-10H2,1-2H3,(H,14,17,18);1H3;;/q;-1;+1;. The largest absolute Gasteiger partial charge is 1.00 e. The number of nitrogens with one attached hydrogen (secondary N) is 1. The van der Waals surface area contributed by atoms with E-state index in [1.165, 1.54) is 16.8 Å². The molecule has 1 rings (SSSR count). The zero-order chi connectivity index (χ0) is 17.3. The Labute approximate surface area is 226 Å². The average molecular weight is 605 g/mol. The second-order valence-electron chi connectivity index (χ2n) is 4.64. The first-order chi connectivity index (χ1) is 10.9. The summed E-state index contributed by atoms with van der Waals surface area (Å²) < 4.78 is 29.1. The summed E-state index contributed by atoms with van der Waals surface area (Å²) in [5.41, 5.74) is -1.01. The summed E-state index contributed by atoms with van der Waals surface area (Å²) in [6.45, 7) is 3.74. The molecule has 0 fully saturated rings. The van der Waals surface area contributed by atoms with Crippen molar-refractivity contribution in [3.05, 3.63) is 40.5 Å². The van der Waals surface area contributed by atoms with Crippen molar-refractivity contribution in [2.45, 2.75) is 32.9 Å². The third-order valence-electron chi connectivity index (χ3n) is 2.91. The maximum Gasteiger partial charge on any atom is 1.00 e. The molecule has 1 aromatic rings. The number of ether oxygens (including phenoxy) is 1. The fourth-order valence-corrected chi connectivity index (χ4v) is 3.24. The van der Waals surface area contributed by atoms with Gasteiger partial charge in [-0.25, -0.2) is 4.79 Å². The van der Waals surface area contributed by atoms with E-state index in [-0.39, 0.29) is 129 Å². The Bertz CT molecular complexity index is 630. The van der Waals surface area contributed by atoms with E-state index < -0.39 is 24.9 Å². The summed E-state index contributed by atoms with van der Waals surface area (Å²) in [5.74, 6) is 0. The summed E-state index contributed by atoms with van der Waals surface area (Å²) in [7, 11) is -3.35. The van der Waals surface area contributed by atoms with Crippen LogP contribution in [0.5, 0.6) is 0 Å². The van der Waals surface area contributed by atoms with E-state index in [4.69, 9.17) is 13.8 Å². The Balaban J connectivity index is -0.00000176. The van der Waals surface area contributed by atoms with Crippen LogP contribution in [0, 0.1) is 7.43 Å². The van der Waals surface area contributed by atoms with Gasteiger partial charge in [-0.3, -0.25) is 14.3 Å². The van der Waals surface area contributed by atoms with Crippen molar-refractivity contribution in [1.82, 2.24) is 9.55 Å². The van der Waals surface area contributed by atoms with Gasteiger partial charge in [0.25, 0.3) is 5.56 Å². The van der Waals surface area contributed by atoms with E-state index >= 15 is 0 Å². The molecule has 9 nitrogen and oxygen atoms in total. The molecule has 0 aliphatic carbocycles. The number of nitrogens with zero attached hydrogens (tertiary/aromatic N) is 1. The van der Waals surface area contributed by atoms with Crippen LogP contribution in [-0.4, -0.2) is 46.9 Å². The number of hydrogen-bond donors (Lipinski definition) is 2. The fourth-order valence-electron chi connectivity index (χ4n) is 1.83. The summed E-state index contributed by atoms with van der Waals surface area (Å²) in [5, 5.41) is 9.33. The van der Waals surface area contributed by atoms with Crippen LogP contribution in [0.4, 0.5) is 0 Å². The Kier molecular flexibility index (Phi) is 21.4. The van der Waals surface area contributed by atoms with E-state index in [1.807, 2.05) is 0 Å². The summed E-state index contributed by atoms with van der Waals surface area (Å²) in [4.78, 5) is 24.7. The number of aryl methyl sites for hydroxylation is 1. The van der Waals surface area contributed by atoms with Gasteiger partial charge >= 0.3 is 82.2 Å². The number of aliphatic hydroxyl groups excluding tert-OH is 1. The zero-order valence-electron chi connectivity index (χ0n) is 15.6. The molecule has 2 N–H and O–H groups in total. The van der Waals surface area contributed by atoms with Crippen molar-refractivity contribution in [3.63, 3.8) is 0 Å². The first-order valence-corrected chi connectivity index (χ1v) is 9.07. The Hall–Kier alpha value is 1.46. The smallest absolute Gasteiger partial charge is 0.394 e. The molecule has 0 spiro atoms. The monoisotopic (exact) mass is 604 g/mol. The van der Waals surface area contributed by atoms with Crippen molar-refractivity contribution < 1.29 is 113 Å². The molecule has 0 radical (unpaired) electrons. The van der Waals surface area contributed by atoms with E-state index in [2.05, 4.69) is 4.98 Å². The molecule has 0 amide bonds. The molecular weight excluding hydrogens is 578 g/mol. The second kappa shape index (κ2) is 17.3. The minimum absolute atomic E-state index is 0. The summed E-state index contributed by atoms with van der Waals surface area (Å²) in [6, 6.07) is 1.23. The van der Waals surface area contributed by atoms with Crippen molar-refractivity contribution >= 4 is 7.60 Å². The van der Waals surface area contributed by atoms with Crippen molar-refractivity contribution in [2.75, 3.05) is 26.2 Å². The zero-order valence-corrected chi connectivity index (χ0v) is 24.3. The predicted octanol–water partition coefficient (Wildman–Crippen LogP) is -2.02. The van der Waals surface area contributed by atoms with Crippen LogP contribution < -0.4 is 80.1 Å². The average Bonchev–Trinajstić information content (AvgIpc) is 2.49. The Morgan fingerprint density at radius 2 is 1.85 bits per heavy atom. The number of hydrogen-bond acceptors (Lipinski definition) is 7. The fraction of sp³-hybridized carbons (Fsp3) is 0.643. The van der Waals surface area contributed by atoms with E-state index in [0.29, 0.717) is 6.42 Å². The molecule has 0 saturated carbocycles. The molecule has 150 valence electrons. The van der Waals surface area contributed by atoms with Crippen LogP contribution in [0.2, 0.25) is 0 Å². The van der Waals surface area contributed by atoms with Crippen LogP contribution in [0.1, 0.15) is 20.3 Å². The SMILES string of the molecule is CCOP(=O)(COC(CO)CCn1ccc(=O)[nH]c1=O)OCC.[CH3-].[Cs+].[Pd]. The van der Waals surface area contributed by atoms with Crippen molar-refractivity contribution in [1.29, 1.82) is 0 Å². The topological polar surface area (TPSA) is 120 Å². The third kappa shape index (κ3) is 12.1. The normalized spacial score (nSPS) is 11.7. The minimum atomic E-state index is -3.35. The van der Waals surface area contributed by atoms with E-state index in [9.17, 15) is 19.3 Å². The van der Waals surface area contributed by atoms with Crippen molar-refractivity contribution in [3.8, 4) is 0 Å². The maximum absolute atomic E-state index is 12.3.